The number of amides is 3. The molecule has 0 unspecified atom stereocenters. The molecular formula is C38H31ClF2N6O4S. The van der Waals surface area contributed by atoms with Crippen LogP contribution in [0.15, 0.2) is 79.0 Å². The highest BCUT2D eigenvalue weighted by Crippen LogP contribution is 2.43. The molecule has 0 atom stereocenters. The molecule has 8 rings (SSSR count). The van der Waals surface area contributed by atoms with Crippen molar-refractivity contribution in [3.8, 4) is 10.4 Å². The first-order valence-electron chi connectivity index (χ1n) is 16.7. The minimum absolute atomic E-state index is 0.0727. The van der Waals surface area contributed by atoms with Crippen LogP contribution in [-0.2, 0) is 11.2 Å². The number of para-hydroxylation sites is 1. The Labute approximate surface area is 306 Å². The van der Waals surface area contributed by atoms with E-state index in [0.717, 1.165) is 56.5 Å². The molecule has 3 aliphatic rings. The highest BCUT2D eigenvalue weighted by Gasteiger charge is 2.45. The summed E-state index contributed by atoms with van der Waals surface area (Å²) in [5.41, 5.74) is 3.31. The number of pyridine rings is 1. The normalized spacial score (nSPS) is 16.0. The minimum Gasteiger partial charge on any atom is -0.381 e. The lowest BCUT2D eigenvalue weighted by molar-refractivity contribution is -0.000510. The van der Waals surface area contributed by atoms with E-state index < -0.39 is 17.5 Å². The molecule has 3 aromatic carbocycles. The number of ether oxygens (including phenoxy) is 1. The Morgan fingerprint density at radius 1 is 0.923 bits per heavy atom. The second kappa shape index (κ2) is 13.7. The zero-order chi connectivity index (χ0) is 36.0. The summed E-state index contributed by atoms with van der Waals surface area (Å²) in [5.74, 6) is -2.42. The summed E-state index contributed by atoms with van der Waals surface area (Å²) in [6.07, 6.45) is 4.06. The van der Waals surface area contributed by atoms with Gasteiger partial charge in [-0.2, -0.15) is 0 Å². The van der Waals surface area contributed by atoms with E-state index in [0.29, 0.717) is 56.9 Å². The zero-order valence-electron chi connectivity index (χ0n) is 27.6. The van der Waals surface area contributed by atoms with Gasteiger partial charge in [0, 0.05) is 73.8 Å². The first-order chi connectivity index (χ1) is 25.2. The van der Waals surface area contributed by atoms with Gasteiger partial charge in [0.05, 0.1) is 32.5 Å². The molecule has 0 bridgehead atoms. The number of nitrogens with zero attached hydrogens (tertiary/aromatic N) is 4. The summed E-state index contributed by atoms with van der Waals surface area (Å²) in [7, 11) is 0. The number of aromatic nitrogens is 2. The van der Waals surface area contributed by atoms with Crippen molar-refractivity contribution in [2.24, 2.45) is 5.41 Å². The Hall–Kier alpha value is -5.24. The molecule has 14 heteroatoms. The molecule has 0 aliphatic carbocycles. The molecule has 2 N–H and O–H groups in total. The third-order valence-electron chi connectivity index (χ3n) is 9.72. The summed E-state index contributed by atoms with van der Waals surface area (Å²) < 4.78 is 33.4. The summed E-state index contributed by atoms with van der Waals surface area (Å²) in [6.45, 7) is 3.50. The van der Waals surface area contributed by atoms with Crippen LogP contribution < -0.4 is 20.4 Å². The van der Waals surface area contributed by atoms with E-state index in [4.69, 9.17) is 16.3 Å². The fourth-order valence-corrected chi connectivity index (χ4v) is 8.30. The van der Waals surface area contributed by atoms with Crippen LogP contribution in [-0.4, -0.2) is 60.5 Å². The fourth-order valence-electron chi connectivity index (χ4n) is 7.02. The van der Waals surface area contributed by atoms with Crippen molar-refractivity contribution in [2.75, 3.05) is 53.3 Å². The van der Waals surface area contributed by atoms with Crippen LogP contribution in [0, 0.1) is 17.0 Å². The molecule has 3 amide bonds. The van der Waals surface area contributed by atoms with Gasteiger partial charge in [-0.15, -0.1) is 11.3 Å². The van der Waals surface area contributed by atoms with Crippen molar-refractivity contribution >= 4 is 63.5 Å². The Balaban J connectivity index is 0.967. The summed E-state index contributed by atoms with van der Waals surface area (Å²) in [6, 6.07) is 19.2. The molecular weight excluding hydrogens is 710 g/mol. The highest BCUT2D eigenvalue weighted by molar-refractivity contribution is 7.17. The number of carbonyl (C=O) groups is 3. The topological polar surface area (TPSA) is 117 Å². The Bertz CT molecular complexity index is 2190. The van der Waals surface area contributed by atoms with Crippen LogP contribution in [0.4, 0.5) is 31.7 Å². The predicted molar refractivity (Wildman–Crippen MR) is 196 cm³/mol. The van der Waals surface area contributed by atoms with Gasteiger partial charge in [0.25, 0.3) is 17.7 Å². The van der Waals surface area contributed by atoms with Gasteiger partial charge < -0.3 is 25.2 Å². The molecule has 0 radical (unpaired) electrons. The molecule has 2 aromatic heterocycles. The van der Waals surface area contributed by atoms with Gasteiger partial charge in [0.1, 0.15) is 11.6 Å². The third kappa shape index (κ3) is 6.40. The van der Waals surface area contributed by atoms with Gasteiger partial charge in [-0.3, -0.25) is 14.4 Å². The van der Waals surface area contributed by atoms with Crippen molar-refractivity contribution in [2.45, 2.75) is 19.3 Å². The van der Waals surface area contributed by atoms with Crippen molar-refractivity contribution in [1.29, 1.82) is 0 Å². The average Bonchev–Trinajstić information content (AvgIpc) is 3.50. The van der Waals surface area contributed by atoms with Crippen LogP contribution in [0.3, 0.4) is 0 Å². The first kappa shape index (κ1) is 33.9. The Kier molecular flexibility index (Phi) is 8.94. The second-order valence-corrected chi connectivity index (χ2v) is 14.5. The standard InChI is InChI=1S/C38H31ClF2N6O4S/c39-27-18-23(40)19-28(41)31(27)45-35(49)36-44-29-11-15-47(30-6-2-1-4-25(30)32(29)52-36)37(50)22-7-9-24(10-8-22)43-34(48)26-5-3-14-42-33(26)46-20-38(21-46)12-16-51-17-13-38/h1-10,14,18-19H,11-13,15-17,20-21H2,(H,43,48)(H,45,49). The maximum Gasteiger partial charge on any atom is 0.284 e. The number of thiazole rings is 1. The van der Waals surface area contributed by atoms with E-state index in [9.17, 15) is 23.2 Å². The maximum atomic E-state index is 14.4. The SMILES string of the molecule is O=C(Nc1c(F)cc(F)cc1Cl)c1nc2c(s1)-c1ccccc1N(C(=O)c1ccc(NC(=O)c3cccnc3N3CC4(CCOCC4)C3)cc1)CC2. The lowest BCUT2D eigenvalue weighted by Gasteiger charge is -2.53. The average molecular weight is 741 g/mol. The Morgan fingerprint density at radius 2 is 1.69 bits per heavy atom. The maximum absolute atomic E-state index is 14.4. The van der Waals surface area contributed by atoms with Gasteiger partial charge in [-0.25, -0.2) is 18.7 Å². The van der Waals surface area contributed by atoms with Crippen LogP contribution in [0.2, 0.25) is 5.02 Å². The van der Waals surface area contributed by atoms with Gasteiger partial charge in [-0.05, 0) is 61.4 Å². The lowest BCUT2D eigenvalue weighted by Crippen LogP contribution is -2.59. The van der Waals surface area contributed by atoms with E-state index in [1.807, 2.05) is 24.3 Å². The number of rotatable bonds is 6. The number of hydrogen-bond donors (Lipinski definition) is 2. The van der Waals surface area contributed by atoms with Gasteiger partial charge >= 0.3 is 0 Å². The van der Waals surface area contributed by atoms with Gasteiger partial charge in [0.2, 0.25) is 0 Å². The van der Waals surface area contributed by atoms with E-state index in [-0.39, 0.29) is 39.5 Å². The Morgan fingerprint density at radius 3 is 2.46 bits per heavy atom. The molecule has 3 aliphatic heterocycles. The second-order valence-electron chi connectivity index (χ2n) is 13.1. The monoisotopic (exact) mass is 740 g/mol. The number of carbonyl (C=O) groups excluding carboxylic acids is 3. The third-order valence-corrected chi connectivity index (χ3v) is 11.1. The zero-order valence-corrected chi connectivity index (χ0v) is 29.2. The van der Waals surface area contributed by atoms with E-state index in [1.165, 1.54) is 0 Å². The predicted octanol–water partition coefficient (Wildman–Crippen LogP) is 7.46. The van der Waals surface area contributed by atoms with E-state index >= 15 is 0 Å². The van der Waals surface area contributed by atoms with E-state index in [2.05, 4.69) is 25.5 Å². The van der Waals surface area contributed by atoms with Crippen molar-refractivity contribution in [3.05, 3.63) is 117 Å². The summed E-state index contributed by atoms with van der Waals surface area (Å²) in [5, 5.41) is 5.16. The van der Waals surface area contributed by atoms with Crippen molar-refractivity contribution in [3.63, 3.8) is 0 Å². The van der Waals surface area contributed by atoms with Crippen LogP contribution >= 0.6 is 22.9 Å². The number of hydrogen-bond acceptors (Lipinski definition) is 8. The molecule has 0 saturated carbocycles. The number of benzene rings is 3. The summed E-state index contributed by atoms with van der Waals surface area (Å²) >= 11 is 7.09. The minimum atomic E-state index is -1.00. The van der Waals surface area contributed by atoms with Crippen LogP contribution in [0.1, 0.15) is 49.1 Å². The molecule has 5 aromatic rings. The van der Waals surface area contributed by atoms with Crippen LogP contribution in [0.5, 0.6) is 0 Å². The summed E-state index contributed by atoms with van der Waals surface area (Å²) in [4.78, 5) is 54.1. The fraction of sp³-hybridized carbons (Fsp3) is 0.237. The smallest absolute Gasteiger partial charge is 0.284 e. The molecule has 264 valence electrons. The molecule has 52 heavy (non-hydrogen) atoms. The highest BCUT2D eigenvalue weighted by atomic mass is 35.5. The largest absolute Gasteiger partial charge is 0.381 e. The number of halogens is 3. The van der Waals surface area contributed by atoms with Crippen LogP contribution in [0.25, 0.3) is 10.4 Å². The van der Waals surface area contributed by atoms with E-state index in [1.54, 1.807) is 47.5 Å². The number of anilines is 4. The van der Waals surface area contributed by atoms with Crippen molar-refractivity contribution in [1.82, 2.24) is 9.97 Å². The van der Waals surface area contributed by atoms with Gasteiger partial charge in [-0.1, -0.05) is 29.8 Å². The quantitative estimate of drug-likeness (QED) is 0.186. The van der Waals surface area contributed by atoms with Crippen molar-refractivity contribution < 1.29 is 27.9 Å². The molecule has 2 saturated heterocycles. The molecule has 1 spiro atoms. The first-order valence-corrected chi connectivity index (χ1v) is 17.9. The molecule has 10 nitrogen and oxygen atoms in total. The van der Waals surface area contributed by atoms with Gasteiger partial charge in [0.15, 0.2) is 10.8 Å². The molecule has 5 heterocycles. The number of fused-ring (bicyclic) bond motifs is 3. The lowest BCUT2D eigenvalue weighted by atomic mass is 9.73. The molecule has 2 fully saturated rings. The number of nitrogens with one attached hydrogen (secondary N) is 2.